The van der Waals surface area contributed by atoms with Crippen LogP contribution in [0.5, 0.6) is 0 Å². The Morgan fingerprint density at radius 3 is 2.60 bits per heavy atom. The molecule has 1 aromatic rings. The minimum atomic E-state index is 0.0945. The number of hydrogen-bond donors (Lipinski definition) is 1. The highest BCUT2D eigenvalue weighted by molar-refractivity contribution is 6.33. The lowest BCUT2D eigenvalue weighted by molar-refractivity contribution is 0.158. The highest BCUT2D eigenvalue weighted by Crippen LogP contribution is 2.25. The van der Waals surface area contributed by atoms with Crippen LogP contribution >= 0.6 is 11.6 Å². The van der Waals surface area contributed by atoms with Crippen LogP contribution in [0.15, 0.2) is 18.2 Å². The molecule has 1 aliphatic heterocycles. The fourth-order valence-electron chi connectivity index (χ4n) is 2.47. The summed E-state index contributed by atoms with van der Waals surface area (Å²) in [6, 6.07) is 6.47. The maximum atomic E-state index is 11.9. The molecular formula is C15H22ClN3O. The van der Waals surface area contributed by atoms with Gasteiger partial charge in [0.2, 0.25) is 0 Å². The summed E-state index contributed by atoms with van der Waals surface area (Å²) in [6.07, 6.45) is 1.90. The molecule has 1 aliphatic rings. The third-order valence-corrected chi connectivity index (χ3v) is 3.96. The zero-order chi connectivity index (χ0) is 14.7. The van der Waals surface area contributed by atoms with Crippen molar-refractivity contribution in [3.05, 3.63) is 28.8 Å². The SMILES string of the molecule is Cc1ccc(Cl)c(NC2CCN(C(=O)N(C)C)CC2)c1. The summed E-state index contributed by atoms with van der Waals surface area (Å²) >= 11 is 6.20. The van der Waals surface area contributed by atoms with E-state index in [1.54, 1.807) is 19.0 Å². The molecule has 0 radical (unpaired) electrons. The van der Waals surface area contributed by atoms with Crippen LogP contribution in [0.2, 0.25) is 5.02 Å². The van der Waals surface area contributed by atoms with Crippen LogP contribution in [0.25, 0.3) is 0 Å². The molecule has 0 atom stereocenters. The van der Waals surface area contributed by atoms with Gasteiger partial charge in [0.25, 0.3) is 0 Å². The smallest absolute Gasteiger partial charge is 0.319 e. The quantitative estimate of drug-likeness (QED) is 0.909. The standard InChI is InChI=1S/C15H22ClN3O/c1-11-4-5-13(16)14(10-11)17-12-6-8-19(9-7-12)15(20)18(2)3/h4-5,10,12,17H,6-9H2,1-3H3. The number of nitrogens with one attached hydrogen (secondary N) is 1. The molecule has 20 heavy (non-hydrogen) atoms. The predicted octanol–water partition coefficient (Wildman–Crippen LogP) is 3.21. The van der Waals surface area contributed by atoms with Crippen molar-refractivity contribution in [2.75, 3.05) is 32.5 Å². The predicted molar refractivity (Wildman–Crippen MR) is 83.5 cm³/mol. The van der Waals surface area contributed by atoms with E-state index in [0.717, 1.165) is 36.6 Å². The van der Waals surface area contributed by atoms with Gasteiger partial charge in [0, 0.05) is 33.2 Å². The van der Waals surface area contributed by atoms with Gasteiger partial charge in [-0.05, 0) is 37.5 Å². The minimum absolute atomic E-state index is 0.0945. The molecule has 0 bridgehead atoms. The number of rotatable bonds is 2. The molecule has 0 unspecified atom stereocenters. The van der Waals surface area contributed by atoms with Gasteiger partial charge in [0.15, 0.2) is 0 Å². The summed E-state index contributed by atoms with van der Waals surface area (Å²) in [5, 5.41) is 4.25. The molecule has 110 valence electrons. The topological polar surface area (TPSA) is 35.6 Å². The van der Waals surface area contributed by atoms with Crippen molar-refractivity contribution >= 4 is 23.3 Å². The van der Waals surface area contributed by atoms with Gasteiger partial charge in [-0.2, -0.15) is 0 Å². The first-order valence-corrected chi connectivity index (χ1v) is 7.34. The average Bonchev–Trinajstić information content (AvgIpc) is 2.43. The molecule has 4 nitrogen and oxygen atoms in total. The van der Waals surface area contributed by atoms with Crippen molar-refractivity contribution < 1.29 is 4.79 Å². The maximum absolute atomic E-state index is 11.9. The lowest BCUT2D eigenvalue weighted by Gasteiger charge is -2.34. The summed E-state index contributed by atoms with van der Waals surface area (Å²) < 4.78 is 0. The molecule has 0 aromatic heterocycles. The molecular weight excluding hydrogens is 274 g/mol. The second-order valence-corrected chi connectivity index (χ2v) is 5.97. The highest BCUT2D eigenvalue weighted by Gasteiger charge is 2.23. The third kappa shape index (κ3) is 3.57. The van der Waals surface area contributed by atoms with Crippen LogP contribution in [0.1, 0.15) is 18.4 Å². The molecule has 1 aromatic carbocycles. The number of halogens is 1. The van der Waals surface area contributed by atoms with E-state index in [0.29, 0.717) is 6.04 Å². The average molecular weight is 296 g/mol. The molecule has 1 fully saturated rings. The van der Waals surface area contributed by atoms with Gasteiger partial charge in [-0.15, -0.1) is 0 Å². The van der Waals surface area contributed by atoms with E-state index in [1.807, 2.05) is 17.0 Å². The summed E-state index contributed by atoms with van der Waals surface area (Å²) in [6.45, 7) is 3.64. The van der Waals surface area contributed by atoms with E-state index in [4.69, 9.17) is 11.6 Å². The Balaban J connectivity index is 1.91. The Morgan fingerprint density at radius 1 is 1.35 bits per heavy atom. The Labute approximate surface area is 125 Å². The molecule has 5 heteroatoms. The van der Waals surface area contributed by atoms with E-state index in [9.17, 15) is 4.79 Å². The molecule has 1 saturated heterocycles. The summed E-state index contributed by atoms with van der Waals surface area (Å²) in [5.74, 6) is 0. The molecule has 2 amide bonds. The van der Waals surface area contributed by atoms with Crippen molar-refractivity contribution in [3.8, 4) is 0 Å². The number of aryl methyl sites for hydroxylation is 1. The number of piperidine rings is 1. The first-order chi connectivity index (χ1) is 9.47. The molecule has 1 heterocycles. The zero-order valence-electron chi connectivity index (χ0n) is 12.3. The van der Waals surface area contributed by atoms with Crippen molar-refractivity contribution in [3.63, 3.8) is 0 Å². The third-order valence-electron chi connectivity index (χ3n) is 3.63. The summed E-state index contributed by atoms with van der Waals surface area (Å²) in [4.78, 5) is 15.4. The van der Waals surface area contributed by atoms with Crippen LogP contribution in [0.4, 0.5) is 10.5 Å². The molecule has 1 N–H and O–H groups in total. The molecule has 2 rings (SSSR count). The van der Waals surface area contributed by atoms with Crippen LogP contribution in [-0.4, -0.2) is 49.1 Å². The fourth-order valence-corrected chi connectivity index (χ4v) is 2.64. The highest BCUT2D eigenvalue weighted by atomic mass is 35.5. The number of carbonyl (C=O) groups is 1. The van der Waals surface area contributed by atoms with E-state index >= 15 is 0 Å². The van der Waals surface area contributed by atoms with Gasteiger partial charge in [-0.25, -0.2) is 4.79 Å². The fraction of sp³-hybridized carbons (Fsp3) is 0.533. The van der Waals surface area contributed by atoms with Gasteiger partial charge < -0.3 is 15.1 Å². The second-order valence-electron chi connectivity index (χ2n) is 5.57. The molecule has 0 saturated carbocycles. The van der Waals surface area contributed by atoms with E-state index < -0.39 is 0 Å². The number of hydrogen-bond acceptors (Lipinski definition) is 2. The number of benzene rings is 1. The minimum Gasteiger partial charge on any atom is -0.381 e. The van der Waals surface area contributed by atoms with Crippen molar-refractivity contribution in [2.45, 2.75) is 25.8 Å². The summed E-state index contributed by atoms with van der Waals surface area (Å²) in [7, 11) is 3.58. The van der Waals surface area contributed by atoms with Gasteiger partial charge in [-0.1, -0.05) is 17.7 Å². The largest absolute Gasteiger partial charge is 0.381 e. The van der Waals surface area contributed by atoms with Gasteiger partial charge in [0.05, 0.1) is 10.7 Å². The Kier molecular flexibility index (Phi) is 4.76. The number of anilines is 1. The Hall–Kier alpha value is -1.42. The lowest BCUT2D eigenvalue weighted by atomic mass is 10.0. The monoisotopic (exact) mass is 295 g/mol. The van der Waals surface area contributed by atoms with Crippen molar-refractivity contribution in [1.29, 1.82) is 0 Å². The van der Waals surface area contributed by atoms with Gasteiger partial charge in [-0.3, -0.25) is 0 Å². The number of carbonyl (C=O) groups excluding carboxylic acids is 1. The van der Waals surface area contributed by atoms with Crippen molar-refractivity contribution in [1.82, 2.24) is 9.80 Å². The normalized spacial score (nSPS) is 16.1. The van der Waals surface area contributed by atoms with Crippen LogP contribution in [0, 0.1) is 6.92 Å². The number of likely N-dealkylation sites (tertiary alicyclic amines) is 1. The lowest BCUT2D eigenvalue weighted by Crippen LogP contribution is -2.46. The molecule has 0 spiro atoms. The van der Waals surface area contributed by atoms with E-state index in [-0.39, 0.29) is 6.03 Å². The second kappa shape index (κ2) is 6.35. The van der Waals surface area contributed by atoms with Gasteiger partial charge >= 0.3 is 6.03 Å². The van der Waals surface area contributed by atoms with E-state index in [1.165, 1.54) is 5.56 Å². The van der Waals surface area contributed by atoms with Crippen LogP contribution < -0.4 is 5.32 Å². The van der Waals surface area contributed by atoms with Gasteiger partial charge in [0.1, 0.15) is 0 Å². The van der Waals surface area contributed by atoms with Crippen molar-refractivity contribution in [2.24, 2.45) is 0 Å². The first kappa shape index (κ1) is 15.0. The maximum Gasteiger partial charge on any atom is 0.319 e. The first-order valence-electron chi connectivity index (χ1n) is 6.96. The Bertz CT molecular complexity index is 482. The van der Waals surface area contributed by atoms with Crippen LogP contribution in [-0.2, 0) is 0 Å². The number of nitrogens with zero attached hydrogens (tertiary/aromatic N) is 2. The van der Waals surface area contributed by atoms with E-state index in [2.05, 4.69) is 18.3 Å². The van der Waals surface area contributed by atoms with Crippen LogP contribution in [0.3, 0.4) is 0 Å². The number of urea groups is 1. The number of amides is 2. The Morgan fingerprint density at radius 2 is 2.00 bits per heavy atom. The molecule has 0 aliphatic carbocycles. The zero-order valence-corrected chi connectivity index (χ0v) is 13.1. The summed E-state index contributed by atoms with van der Waals surface area (Å²) in [5.41, 5.74) is 2.18.